The fourth-order valence-corrected chi connectivity index (χ4v) is 4.02. The van der Waals surface area contributed by atoms with Crippen molar-refractivity contribution in [3.8, 4) is 0 Å². The number of fused-ring (bicyclic) bond motifs is 1. The number of hydrogen-bond donors (Lipinski definition) is 2. The number of thiophene rings is 1. The van der Waals surface area contributed by atoms with Gasteiger partial charge in [-0.15, -0.1) is 11.3 Å². The predicted molar refractivity (Wildman–Crippen MR) is 99.4 cm³/mol. The smallest absolute Gasteiger partial charge is 0.340 e. The van der Waals surface area contributed by atoms with Gasteiger partial charge in [0, 0.05) is 21.5 Å². The van der Waals surface area contributed by atoms with Crippen LogP contribution in [0.5, 0.6) is 0 Å². The number of esters is 1. The quantitative estimate of drug-likeness (QED) is 0.789. The van der Waals surface area contributed by atoms with Crippen LogP contribution in [0.1, 0.15) is 50.9 Å². The molecule has 0 unspecified atom stereocenters. The van der Waals surface area contributed by atoms with Gasteiger partial charge in [0.05, 0.1) is 5.56 Å². The highest BCUT2D eigenvalue weighted by Crippen LogP contribution is 2.30. The highest BCUT2D eigenvalue weighted by atomic mass is 32.1. The molecule has 1 aromatic carbocycles. The number of nitrogens with two attached hydrogens (primary N) is 1. The van der Waals surface area contributed by atoms with Crippen LogP contribution in [0.4, 0.5) is 5.69 Å². The first-order valence-corrected chi connectivity index (χ1v) is 9.34. The molecule has 1 aliphatic carbocycles. The van der Waals surface area contributed by atoms with Crippen molar-refractivity contribution in [1.82, 2.24) is 0 Å². The molecular weight excluding hydrogens is 352 g/mol. The largest absolute Gasteiger partial charge is 0.449 e. The van der Waals surface area contributed by atoms with Crippen molar-refractivity contribution in [2.75, 3.05) is 5.32 Å². The highest BCUT2D eigenvalue weighted by molar-refractivity contribution is 7.10. The van der Waals surface area contributed by atoms with Crippen LogP contribution in [0.2, 0.25) is 0 Å². The van der Waals surface area contributed by atoms with Crippen molar-refractivity contribution in [2.45, 2.75) is 38.7 Å². The van der Waals surface area contributed by atoms with E-state index in [2.05, 4.69) is 5.32 Å². The van der Waals surface area contributed by atoms with Crippen LogP contribution in [0.3, 0.4) is 0 Å². The molecule has 0 saturated carbocycles. The number of nitrogens with one attached hydrogen (secondary N) is 1. The number of carbonyl (C=O) groups is 3. The maximum atomic E-state index is 12.4. The lowest BCUT2D eigenvalue weighted by atomic mass is 9.96. The molecule has 3 rings (SSSR count). The Bertz CT molecular complexity index is 842. The summed E-state index contributed by atoms with van der Waals surface area (Å²) in [6.45, 7) is 1.53. The molecule has 0 aliphatic heterocycles. The zero-order valence-corrected chi connectivity index (χ0v) is 15.2. The molecule has 0 radical (unpaired) electrons. The summed E-state index contributed by atoms with van der Waals surface area (Å²) in [7, 11) is 0. The Morgan fingerprint density at radius 2 is 1.85 bits per heavy atom. The SMILES string of the molecule is C[C@H](OC(=O)c1csc2c1CCCC2)C(=O)Nc1ccc(C(N)=O)cc1. The van der Waals surface area contributed by atoms with E-state index in [0.717, 1.165) is 31.2 Å². The molecule has 3 N–H and O–H groups in total. The van der Waals surface area contributed by atoms with E-state index in [4.69, 9.17) is 10.5 Å². The number of hydrogen-bond acceptors (Lipinski definition) is 5. The number of carbonyl (C=O) groups excluding carboxylic acids is 3. The van der Waals surface area contributed by atoms with Crippen LogP contribution in [0, 0.1) is 0 Å². The number of benzene rings is 1. The lowest BCUT2D eigenvalue weighted by molar-refractivity contribution is -0.123. The zero-order chi connectivity index (χ0) is 18.7. The molecule has 0 fully saturated rings. The standard InChI is InChI=1S/C19H20N2O4S/c1-11(18(23)21-13-8-6-12(7-9-13)17(20)22)25-19(24)15-10-26-16-5-3-2-4-14(15)16/h6-11H,2-5H2,1H3,(H2,20,22)(H,21,23)/t11-/m0/s1. The van der Waals surface area contributed by atoms with Gasteiger partial charge in [-0.2, -0.15) is 0 Å². The number of primary amides is 1. The molecule has 0 bridgehead atoms. The van der Waals surface area contributed by atoms with Gasteiger partial charge in [-0.05, 0) is 62.4 Å². The molecule has 6 nitrogen and oxygen atoms in total. The summed E-state index contributed by atoms with van der Waals surface area (Å²) in [5.41, 5.74) is 7.68. The summed E-state index contributed by atoms with van der Waals surface area (Å²) in [6.07, 6.45) is 3.18. The molecule has 7 heteroatoms. The van der Waals surface area contributed by atoms with Gasteiger partial charge in [-0.1, -0.05) is 0 Å². The van der Waals surface area contributed by atoms with E-state index in [-0.39, 0.29) is 0 Å². The molecule has 136 valence electrons. The minimum atomic E-state index is -0.933. The summed E-state index contributed by atoms with van der Waals surface area (Å²) in [4.78, 5) is 37.0. The van der Waals surface area contributed by atoms with Crippen molar-refractivity contribution in [3.63, 3.8) is 0 Å². The van der Waals surface area contributed by atoms with E-state index in [1.165, 1.54) is 23.9 Å². The highest BCUT2D eigenvalue weighted by Gasteiger charge is 2.24. The Kier molecular flexibility index (Phi) is 5.37. The summed E-state index contributed by atoms with van der Waals surface area (Å²) in [5, 5.41) is 4.48. The van der Waals surface area contributed by atoms with Gasteiger partial charge in [0.2, 0.25) is 5.91 Å². The first kappa shape index (κ1) is 18.1. The predicted octanol–water partition coefficient (Wildman–Crippen LogP) is 2.91. The first-order chi connectivity index (χ1) is 12.5. The van der Waals surface area contributed by atoms with E-state index < -0.39 is 23.9 Å². The summed E-state index contributed by atoms with van der Waals surface area (Å²) >= 11 is 1.58. The van der Waals surface area contributed by atoms with Crippen LogP contribution in [-0.4, -0.2) is 23.9 Å². The Balaban J connectivity index is 1.61. The summed E-state index contributed by atoms with van der Waals surface area (Å²) < 4.78 is 5.34. The number of amides is 2. The van der Waals surface area contributed by atoms with E-state index in [9.17, 15) is 14.4 Å². The monoisotopic (exact) mass is 372 g/mol. The van der Waals surface area contributed by atoms with Gasteiger partial charge in [0.15, 0.2) is 6.10 Å². The van der Waals surface area contributed by atoms with Crippen molar-refractivity contribution in [1.29, 1.82) is 0 Å². The maximum absolute atomic E-state index is 12.4. The van der Waals surface area contributed by atoms with E-state index >= 15 is 0 Å². The molecule has 0 spiro atoms. The molecule has 2 amide bonds. The minimum Gasteiger partial charge on any atom is -0.449 e. The van der Waals surface area contributed by atoms with Gasteiger partial charge in [0.25, 0.3) is 5.91 Å². The van der Waals surface area contributed by atoms with Crippen LogP contribution in [0.15, 0.2) is 29.6 Å². The molecule has 1 aliphatic rings. The van der Waals surface area contributed by atoms with Crippen molar-refractivity contribution < 1.29 is 19.1 Å². The zero-order valence-electron chi connectivity index (χ0n) is 14.4. The van der Waals surface area contributed by atoms with Gasteiger partial charge in [0.1, 0.15) is 0 Å². The van der Waals surface area contributed by atoms with Gasteiger partial charge >= 0.3 is 5.97 Å². The summed E-state index contributed by atoms with van der Waals surface area (Å²) in [5.74, 6) is -1.44. The lowest BCUT2D eigenvalue weighted by Gasteiger charge is -2.15. The van der Waals surface area contributed by atoms with Gasteiger partial charge < -0.3 is 15.8 Å². The Hall–Kier alpha value is -2.67. The number of aryl methyl sites for hydroxylation is 1. The van der Waals surface area contributed by atoms with E-state index in [1.807, 2.05) is 5.38 Å². The summed E-state index contributed by atoms with van der Waals surface area (Å²) in [6, 6.07) is 6.18. The van der Waals surface area contributed by atoms with Crippen molar-refractivity contribution in [3.05, 3.63) is 51.2 Å². The Morgan fingerprint density at radius 1 is 1.15 bits per heavy atom. The van der Waals surface area contributed by atoms with Crippen LogP contribution >= 0.6 is 11.3 Å². The van der Waals surface area contributed by atoms with Crippen molar-refractivity contribution in [2.24, 2.45) is 5.73 Å². The second-order valence-corrected chi connectivity index (χ2v) is 7.20. The fraction of sp³-hybridized carbons (Fsp3) is 0.316. The van der Waals surface area contributed by atoms with E-state index in [0.29, 0.717) is 16.8 Å². The topological polar surface area (TPSA) is 98.5 Å². The number of anilines is 1. The van der Waals surface area contributed by atoms with Gasteiger partial charge in [-0.3, -0.25) is 9.59 Å². The molecule has 0 saturated heterocycles. The third kappa shape index (κ3) is 3.94. The van der Waals surface area contributed by atoms with Crippen LogP contribution in [-0.2, 0) is 22.4 Å². The Labute approximate surface area is 155 Å². The molecule has 26 heavy (non-hydrogen) atoms. The Morgan fingerprint density at radius 3 is 2.54 bits per heavy atom. The molecule has 1 aromatic heterocycles. The maximum Gasteiger partial charge on any atom is 0.340 e. The number of rotatable bonds is 5. The third-order valence-corrected chi connectivity index (χ3v) is 5.46. The molecule has 1 heterocycles. The lowest BCUT2D eigenvalue weighted by Crippen LogP contribution is -2.30. The minimum absolute atomic E-state index is 0.352. The molecular formula is C19H20N2O4S. The molecule has 1 atom stereocenters. The molecule has 2 aromatic rings. The fourth-order valence-electron chi connectivity index (χ4n) is 2.90. The van der Waals surface area contributed by atoms with Crippen LogP contribution < -0.4 is 11.1 Å². The average molecular weight is 372 g/mol. The first-order valence-electron chi connectivity index (χ1n) is 8.46. The van der Waals surface area contributed by atoms with E-state index in [1.54, 1.807) is 23.5 Å². The van der Waals surface area contributed by atoms with Crippen molar-refractivity contribution >= 4 is 34.8 Å². The average Bonchev–Trinajstić information content (AvgIpc) is 3.06. The number of ether oxygens (including phenoxy) is 1. The second kappa shape index (κ2) is 7.70. The van der Waals surface area contributed by atoms with Gasteiger partial charge in [-0.25, -0.2) is 4.79 Å². The second-order valence-electron chi connectivity index (χ2n) is 6.24. The normalized spacial score (nSPS) is 14.2. The third-order valence-electron chi connectivity index (χ3n) is 4.37. The van der Waals surface area contributed by atoms with Crippen LogP contribution in [0.25, 0.3) is 0 Å².